The monoisotopic (exact) mass is 289 g/mol. The standard InChI is InChI=1S/C19H31NO/c1-4-18(19-10-8-6-5-7-9-11-19)13-12-17(3)21-15-16(2)14-20/h4,12-13,19H,1-2,5-11,14-15,20H2,3H3/b17-12+,18-13+. The zero-order valence-corrected chi connectivity index (χ0v) is 13.6. The second kappa shape index (κ2) is 10.4. The van der Waals surface area contributed by atoms with Gasteiger partial charge in [0.2, 0.25) is 0 Å². The number of ether oxygens (including phenoxy) is 1. The van der Waals surface area contributed by atoms with Gasteiger partial charge in [-0.2, -0.15) is 0 Å². The van der Waals surface area contributed by atoms with Crippen LogP contribution in [-0.4, -0.2) is 13.2 Å². The van der Waals surface area contributed by atoms with Gasteiger partial charge in [0.25, 0.3) is 0 Å². The summed E-state index contributed by atoms with van der Waals surface area (Å²) in [6.07, 6.45) is 15.6. The Bertz CT molecular complexity index is 384. The molecule has 1 fully saturated rings. The topological polar surface area (TPSA) is 35.2 Å². The first-order valence-corrected chi connectivity index (χ1v) is 8.17. The lowest BCUT2D eigenvalue weighted by Gasteiger charge is -2.20. The van der Waals surface area contributed by atoms with Gasteiger partial charge >= 0.3 is 0 Å². The van der Waals surface area contributed by atoms with Crippen LogP contribution in [0.5, 0.6) is 0 Å². The molecule has 2 nitrogen and oxygen atoms in total. The first-order chi connectivity index (χ1) is 10.2. The highest BCUT2D eigenvalue weighted by Crippen LogP contribution is 2.28. The molecule has 0 amide bonds. The molecule has 1 rings (SSSR count). The van der Waals surface area contributed by atoms with E-state index >= 15 is 0 Å². The van der Waals surface area contributed by atoms with Crippen molar-refractivity contribution in [2.45, 2.75) is 51.9 Å². The van der Waals surface area contributed by atoms with Crippen molar-refractivity contribution in [3.63, 3.8) is 0 Å². The van der Waals surface area contributed by atoms with Crippen molar-refractivity contribution in [1.82, 2.24) is 0 Å². The Balaban J connectivity index is 2.59. The lowest BCUT2D eigenvalue weighted by atomic mass is 9.85. The average molecular weight is 289 g/mol. The Kier molecular flexibility index (Phi) is 8.84. The molecule has 1 aliphatic rings. The van der Waals surface area contributed by atoms with Gasteiger partial charge in [0.1, 0.15) is 6.61 Å². The van der Waals surface area contributed by atoms with E-state index in [2.05, 4.69) is 19.2 Å². The lowest BCUT2D eigenvalue weighted by Crippen LogP contribution is -2.07. The van der Waals surface area contributed by atoms with Crippen molar-refractivity contribution in [2.24, 2.45) is 11.7 Å². The molecule has 2 heteroatoms. The van der Waals surface area contributed by atoms with Gasteiger partial charge in [-0.3, -0.25) is 0 Å². The van der Waals surface area contributed by atoms with Crippen LogP contribution in [0.15, 0.2) is 48.3 Å². The third-order valence-corrected chi connectivity index (χ3v) is 4.12. The van der Waals surface area contributed by atoms with E-state index in [-0.39, 0.29) is 0 Å². The number of hydrogen-bond donors (Lipinski definition) is 1. The van der Waals surface area contributed by atoms with Crippen LogP contribution in [0.2, 0.25) is 0 Å². The first kappa shape index (κ1) is 17.8. The van der Waals surface area contributed by atoms with Crippen LogP contribution in [0.25, 0.3) is 0 Å². The highest BCUT2D eigenvalue weighted by molar-refractivity contribution is 5.25. The van der Waals surface area contributed by atoms with Gasteiger partial charge in [-0.25, -0.2) is 0 Å². The Morgan fingerprint density at radius 2 is 1.76 bits per heavy atom. The molecule has 1 saturated carbocycles. The number of nitrogens with two attached hydrogens (primary N) is 1. The summed E-state index contributed by atoms with van der Waals surface area (Å²) in [5.41, 5.74) is 7.76. The van der Waals surface area contributed by atoms with Crippen LogP contribution in [0.3, 0.4) is 0 Å². The van der Waals surface area contributed by atoms with Gasteiger partial charge < -0.3 is 10.5 Å². The Morgan fingerprint density at radius 1 is 1.14 bits per heavy atom. The summed E-state index contributed by atoms with van der Waals surface area (Å²) in [6, 6.07) is 0. The fourth-order valence-electron chi connectivity index (χ4n) is 2.70. The molecule has 21 heavy (non-hydrogen) atoms. The minimum Gasteiger partial charge on any atom is -0.494 e. The molecular weight excluding hydrogens is 258 g/mol. The van der Waals surface area contributed by atoms with E-state index in [1.54, 1.807) is 0 Å². The van der Waals surface area contributed by atoms with Crippen LogP contribution in [0.4, 0.5) is 0 Å². The van der Waals surface area contributed by atoms with Crippen LogP contribution in [-0.2, 0) is 4.74 Å². The summed E-state index contributed by atoms with van der Waals surface area (Å²) in [6.45, 7) is 10.8. The molecule has 0 saturated heterocycles. The fraction of sp³-hybridized carbons (Fsp3) is 0.579. The van der Waals surface area contributed by atoms with Crippen molar-refractivity contribution in [3.05, 3.63) is 48.3 Å². The molecule has 0 spiro atoms. The van der Waals surface area contributed by atoms with Gasteiger partial charge in [-0.15, -0.1) is 0 Å². The van der Waals surface area contributed by atoms with Gasteiger partial charge in [-0.05, 0) is 42.9 Å². The maximum atomic E-state index is 5.62. The highest BCUT2D eigenvalue weighted by atomic mass is 16.5. The second-order valence-corrected chi connectivity index (χ2v) is 5.93. The second-order valence-electron chi connectivity index (χ2n) is 5.93. The maximum absolute atomic E-state index is 5.62. The molecule has 0 aliphatic heterocycles. The quantitative estimate of drug-likeness (QED) is 0.411. The van der Waals surface area contributed by atoms with Crippen LogP contribution >= 0.6 is 0 Å². The van der Waals surface area contributed by atoms with E-state index in [1.165, 1.54) is 50.5 Å². The molecular formula is C19H31NO. The van der Waals surface area contributed by atoms with Crippen molar-refractivity contribution in [1.29, 1.82) is 0 Å². The molecule has 0 unspecified atom stereocenters. The Hall–Kier alpha value is -1.28. The van der Waals surface area contributed by atoms with E-state index in [0.717, 1.165) is 11.3 Å². The number of hydrogen-bond acceptors (Lipinski definition) is 2. The normalized spacial score (nSPS) is 18.8. The zero-order chi connectivity index (χ0) is 15.5. The third kappa shape index (κ3) is 7.33. The minimum absolute atomic E-state index is 0.475. The third-order valence-electron chi connectivity index (χ3n) is 4.12. The molecule has 0 heterocycles. The molecule has 0 bridgehead atoms. The predicted molar refractivity (Wildman–Crippen MR) is 92.0 cm³/mol. The molecule has 0 aromatic heterocycles. The molecule has 1 aliphatic carbocycles. The number of allylic oxidation sites excluding steroid dienone is 5. The summed E-state index contributed by atoms with van der Waals surface area (Å²) in [7, 11) is 0. The van der Waals surface area contributed by atoms with E-state index in [0.29, 0.717) is 19.1 Å². The van der Waals surface area contributed by atoms with Gasteiger partial charge in [-0.1, -0.05) is 57.4 Å². The van der Waals surface area contributed by atoms with Gasteiger partial charge in [0.15, 0.2) is 0 Å². The van der Waals surface area contributed by atoms with E-state index in [4.69, 9.17) is 10.5 Å². The highest BCUT2D eigenvalue weighted by Gasteiger charge is 2.13. The smallest absolute Gasteiger partial charge is 0.110 e. The first-order valence-electron chi connectivity index (χ1n) is 8.17. The number of rotatable bonds is 7. The van der Waals surface area contributed by atoms with Gasteiger partial charge in [0.05, 0.1) is 5.76 Å². The predicted octanol–water partition coefficient (Wildman–Crippen LogP) is 4.89. The van der Waals surface area contributed by atoms with E-state index in [9.17, 15) is 0 Å². The van der Waals surface area contributed by atoms with Crippen molar-refractivity contribution < 1.29 is 4.74 Å². The summed E-state index contributed by atoms with van der Waals surface area (Å²) in [5.74, 6) is 1.56. The molecule has 0 atom stereocenters. The average Bonchev–Trinajstić information content (AvgIpc) is 2.46. The van der Waals surface area contributed by atoms with E-state index < -0.39 is 0 Å². The zero-order valence-electron chi connectivity index (χ0n) is 13.6. The Labute approximate surface area is 130 Å². The summed E-state index contributed by atoms with van der Waals surface area (Å²) < 4.78 is 5.62. The van der Waals surface area contributed by atoms with Crippen LogP contribution < -0.4 is 5.73 Å². The molecule has 0 radical (unpaired) electrons. The molecule has 118 valence electrons. The largest absolute Gasteiger partial charge is 0.494 e. The van der Waals surface area contributed by atoms with Crippen molar-refractivity contribution in [2.75, 3.05) is 13.2 Å². The van der Waals surface area contributed by atoms with Crippen LogP contribution in [0, 0.1) is 5.92 Å². The molecule has 2 N–H and O–H groups in total. The summed E-state index contributed by atoms with van der Waals surface area (Å²) in [4.78, 5) is 0. The summed E-state index contributed by atoms with van der Waals surface area (Å²) in [5, 5.41) is 0. The summed E-state index contributed by atoms with van der Waals surface area (Å²) >= 11 is 0. The SMILES string of the molecule is C=C/C(=C\C=C(/C)OCC(=C)CN)C1CCCCCCC1. The van der Waals surface area contributed by atoms with E-state index in [1.807, 2.05) is 19.1 Å². The van der Waals surface area contributed by atoms with Crippen LogP contribution in [0.1, 0.15) is 51.9 Å². The minimum atomic E-state index is 0.475. The lowest BCUT2D eigenvalue weighted by molar-refractivity contribution is 0.241. The Morgan fingerprint density at radius 3 is 2.33 bits per heavy atom. The molecule has 0 aromatic carbocycles. The fourth-order valence-corrected chi connectivity index (χ4v) is 2.70. The van der Waals surface area contributed by atoms with Gasteiger partial charge in [0, 0.05) is 6.54 Å². The maximum Gasteiger partial charge on any atom is 0.110 e. The molecule has 0 aromatic rings. The van der Waals surface area contributed by atoms with Crippen molar-refractivity contribution >= 4 is 0 Å². The van der Waals surface area contributed by atoms with Crippen molar-refractivity contribution in [3.8, 4) is 0 Å².